The number of hydrogen-bond acceptors (Lipinski definition) is 6. The van der Waals surface area contributed by atoms with Gasteiger partial charge in [-0.3, -0.25) is 0 Å². The van der Waals surface area contributed by atoms with Gasteiger partial charge in [0, 0.05) is 42.3 Å². The molecule has 0 spiro atoms. The van der Waals surface area contributed by atoms with Crippen LogP contribution < -0.4 is 10.3 Å². The minimum absolute atomic E-state index is 0.258. The van der Waals surface area contributed by atoms with Crippen LogP contribution in [0.2, 0.25) is 0 Å². The first-order valence-electron chi connectivity index (χ1n) is 8.98. The summed E-state index contributed by atoms with van der Waals surface area (Å²) in [5, 5.41) is 5.37. The van der Waals surface area contributed by atoms with E-state index in [1.165, 1.54) is 6.20 Å². The van der Waals surface area contributed by atoms with E-state index < -0.39 is 5.82 Å². The van der Waals surface area contributed by atoms with Gasteiger partial charge in [0.2, 0.25) is 5.95 Å². The molecule has 3 aromatic rings. The van der Waals surface area contributed by atoms with Gasteiger partial charge in [0.25, 0.3) is 0 Å². The molecule has 1 saturated heterocycles. The number of rotatable bonds is 5. The number of nitrogens with one attached hydrogen (secondary N) is 1. The lowest BCUT2D eigenvalue weighted by atomic mass is 10.2. The third kappa shape index (κ3) is 3.61. The van der Waals surface area contributed by atoms with Crippen molar-refractivity contribution >= 4 is 28.9 Å². The number of nitrogens with zero attached hydrogens (tertiary/aromatic N) is 5. The largest absolute Gasteiger partial charge is 0.378 e. The van der Waals surface area contributed by atoms with Crippen molar-refractivity contribution in [2.75, 3.05) is 36.6 Å². The van der Waals surface area contributed by atoms with Crippen LogP contribution in [0.4, 0.5) is 16.2 Å². The molecule has 1 N–H and O–H groups in total. The first-order chi connectivity index (χ1) is 13.3. The number of aromatic nitrogens is 3. The molecule has 0 bridgehead atoms. The maximum atomic E-state index is 14.1. The monoisotopic (exact) mass is 368 g/mol. The first-order valence-corrected chi connectivity index (χ1v) is 8.98. The van der Waals surface area contributed by atoms with Crippen molar-refractivity contribution in [1.29, 1.82) is 0 Å². The van der Waals surface area contributed by atoms with Gasteiger partial charge in [-0.05, 0) is 13.0 Å². The second-order valence-corrected chi connectivity index (χ2v) is 6.22. The van der Waals surface area contributed by atoms with Crippen LogP contribution in [0.25, 0.3) is 10.9 Å². The highest BCUT2D eigenvalue weighted by atomic mass is 19.1. The first kappa shape index (κ1) is 17.4. The molecule has 4 rings (SSSR count). The number of hydrazone groups is 1. The Morgan fingerprint density at radius 3 is 2.93 bits per heavy atom. The van der Waals surface area contributed by atoms with Gasteiger partial charge >= 0.3 is 0 Å². The van der Waals surface area contributed by atoms with Crippen LogP contribution in [0.1, 0.15) is 12.5 Å². The highest BCUT2D eigenvalue weighted by Crippen LogP contribution is 2.20. The maximum absolute atomic E-state index is 14.1. The zero-order valence-corrected chi connectivity index (χ0v) is 15.1. The summed E-state index contributed by atoms with van der Waals surface area (Å²) in [6.07, 6.45) is 4.95. The van der Waals surface area contributed by atoms with Gasteiger partial charge in [0.15, 0.2) is 11.6 Å². The number of fused-ring (bicyclic) bond motifs is 1. The van der Waals surface area contributed by atoms with Gasteiger partial charge in [-0.15, -0.1) is 0 Å². The van der Waals surface area contributed by atoms with Crippen molar-refractivity contribution in [3.05, 3.63) is 48.0 Å². The normalized spacial score (nSPS) is 15.0. The predicted octanol–water partition coefficient (Wildman–Crippen LogP) is 2.87. The van der Waals surface area contributed by atoms with E-state index in [1.54, 1.807) is 6.21 Å². The average Bonchev–Trinajstić information content (AvgIpc) is 3.08. The second kappa shape index (κ2) is 7.71. The average molecular weight is 368 g/mol. The summed E-state index contributed by atoms with van der Waals surface area (Å²) in [5.74, 6) is 0.0828. The van der Waals surface area contributed by atoms with Crippen molar-refractivity contribution in [3.8, 4) is 0 Å². The van der Waals surface area contributed by atoms with Gasteiger partial charge in [-0.2, -0.15) is 10.1 Å². The van der Waals surface area contributed by atoms with Crippen LogP contribution in [0.3, 0.4) is 0 Å². The number of morpholine rings is 1. The molecular formula is C19H21FN6O. The van der Waals surface area contributed by atoms with Gasteiger partial charge in [0.05, 0.1) is 25.6 Å². The summed E-state index contributed by atoms with van der Waals surface area (Å²) in [5.41, 5.74) is 4.96. The number of benzene rings is 1. The fraction of sp³-hybridized carbons (Fsp3) is 0.316. The number of hydrogen-bond donors (Lipinski definition) is 1. The van der Waals surface area contributed by atoms with Crippen LogP contribution in [-0.4, -0.2) is 47.1 Å². The molecule has 0 aliphatic carbocycles. The molecule has 140 valence electrons. The Balaban J connectivity index is 1.53. The Hall–Kier alpha value is -3.00. The van der Waals surface area contributed by atoms with Crippen molar-refractivity contribution in [3.63, 3.8) is 0 Å². The lowest BCUT2D eigenvalue weighted by molar-refractivity contribution is 0.122. The Bertz CT molecular complexity index is 964. The van der Waals surface area contributed by atoms with E-state index in [0.29, 0.717) is 26.3 Å². The van der Waals surface area contributed by atoms with E-state index in [4.69, 9.17) is 4.74 Å². The summed E-state index contributed by atoms with van der Waals surface area (Å²) in [4.78, 5) is 10.1. The summed E-state index contributed by atoms with van der Waals surface area (Å²) in [6, 6.07) is 8.17. The van der Waals surface area contributed by atoms with E-state index in [2.05, 4.69) is 50.3 Å². The Morgan fingerprint density at radius 2 is 2.11 bits per heavy atom. The molecule has 0 unspecified atom stereocenters. The fourth-order valence-electron chi connectivity index (χ4n) is 3.21. The van der Waals surface area contributed by atoms with Gasteiger partial charge in [0.1, 0.15) is 0 Å². The molecule has 1 aliphatic heterocycles. The molecule has 1 fully saturated rings. The van der Waals surface area contributed by atoms with Gasteiger partial charge in [-0.1, -0.05) is 18.2 Å². The van der Waals surface area contributed by atoms with Crippen molar-refractivity contribution in [2.45, 2.75) is 13.5 Å². The Morgan fingerprint density at radius 1 is 1.30 bits per heavy atom. The molecule has 0 saturated carbocycles. The van der Waals surface area contributed by atoms with Crippen LogP contribution >= 0.6 is 0 Å². The lowest BCUT2D eigenvalue weighted by Gasteiger charge is -2.27. The third-order valence-corrected chi connectivity index (χ3v) is 4.56. The third-order valence-electron chi connectivity index (χ3n) is 4.56. The number of ether oxygens (including phenoxy) is 1. The highest BCUT2D eigenvalue weighted by Gasteiger charge is 2.17. The molecule has 1 aliphatic rings. The SMILES string of the molecule is CCn1cc(/C=N/Nc2ncc(F)c(N3CCOCC3)n2)c2ccccc21. The van der Waals surface area contributed by atoms with Crippen molar-refractivity contribution in [1.82, 2.24) is 14.5 Å². The van der Waals surface area contributed by atoms with E-state index in [9.17, 15) is 4.39 Å². The van der Waals surface area contributed by atoms with E-state index >= 15 is 0 Å². The Kier molecular flexibility index (Phi) is 4.97. The van der Waals surface area contributed by atoms with Crippen molar-refractivity contribution < 1.29 is 9.13 Å². The topological polar surface area (TPSA) is 67.6 Å². The molecule has 3 heterocycles. The molecule has 27 heavy (non-hydrogen) atoms. The minimum atomic E-state index is -0.447. The van der Waals surface area contributed by atoms with Crippen molar-refractivity contribution in [2.24, 2.45) is 5.10 Å². The van der Waals surface area contributed by atoms with E-state index in [-0.39, 0.29) is 11.8 Å². The van der Waals surface area contributed by atoms with Crippen LogP contribution in [0.5, 0.6) is 0 Å². The van der Waals surface area contributed by atoms with Gasteiger partial charge in [-0.25, -0.2) is 14.8 Å². The summed E-state index contributed by atoms with van der Waals surface area (Å²) in [6.45, 7) is 5.31. The summed E-state index contributed by atoms with van der Waals surface area (Å²) in [7, 11) is 0. The number of halogens is 1. The second-order valence-electron chi connectivity index (χ2n) is 6.22. The van der Waals surface area contributed by atoms with Crippen LogP contribution in [-0.2, 0) is 11.3 Å². The smallest absolute Gasteiger partial charge is 0.245 e. The standard InChI is InChI=1S/C19H21FN6O/c1-2-25-13-14(15-5-3-4-6-17(15)25)11-22-24-19-21-12-16(20)18(23-19)26-7-9-27-10-8-26/h3-6,11-13H,2,7-10H2,1H3,(H,21,23,24)/b22-11+. The highest BCUT2D eigenvalue weighted by molar-refractivity contribution is 5.99. The molecular weight excluding hydrogens is 347 g/mol. The van der Waals surface area contributed by atoms with Crippen LogP contribution in [0, 0.1) is 5.82 Å². The molecule has 0 radical (unpaired) electrons. The van der Waals surface area contributed by atoms with Crippen LogP contribution in [0.15, 0.2) is 41.8 Å². The number of anilines is 2. The van der Waals surface area contributed by atoms with E-state index in [0.717, 1.165) is 23.0 Å². The van der Waals surface area contributed by atoms with E-state index in [1.807, 2.05) is 17.0 Å². The number of para-hydroxylation sites is 1. The molecule has 0 atom stereocenters. The fourth-order valence-corrected chi connectivity index (χ4v) is 3.21. The minimum Gasteiger partial charge on any atom is -0.378 e. The zero-order valence-electron chi connectivity index (χ0n) is 15.1. The summed E-state index contributed by atoms with van der Waals surface area (Å²) >= 11 is 0. The number of aryl methyl sites for hydroxylation is 1. The molecule has 1 aromatic carbocycles. The van der Waals surface area contributed by atoms with Gasteiger partial charge < -0.3 is 14.2 Å². The maximum Gasteiger partial charge on any atom is 0.245 e. The molecule has 8 heteroatoms. The Labute approximate surface area is 156 Å². The molecule has 2 aromatic heterocycles. The quantitative estimate of drug-likeness (QED) is 0.554. The zero-order chi connectivity index (χ0) is 18.6. The predicted molar refractivity (Wildman–Crippen MR) is 104 cm³/mol. The molecule has 7 nitrogen and oxygen atoms in total. The summed E-state index contributed by atoms with van der Waals surface area (Å²) < 4.78 is 21.6. The lowest BCUT2D eigenvalue weighted by Crippen LogP contribution is -2.37. The molecule has 0 amide bonds.